The quantitative estimate of drug-likeness (QED) is 0.800. The summed E-state index contributed by atoms with van der Waals surface area (Å²) in [4.78, 5) is 14.4. The molecule has 1 amide bonds. The molecule has 0 radical (unpaired) electrons. The summed E-state index contributed by atoms with van der Waals surface area (Å²) in [6, 6.07) is 8.60. The molecule has 1 aromatic carbocycles. The van der Waals surface area contributed by atoms with Gasteiger partial charge >= 0.3 is 0 Å². The van der Waals surface area contributed by atoms with Crippen molar-refractivity contribution in [3.63, 3.8) is 0 Å². The highest BCUT2D eigenvalue weighted by Gasteiger charge is 2.19. The number of carbonyl (C=O) groups is 1. The van der Waals surface area contributed by atoms with Crippen molar-refractivity contribution in [1.82, 2.24) is 15.5 Å². The van der Waals surface area contributed by atoms with E-state index in [0.29, 0.717) is 25.7 Å². The molecule has 2 rings (SSSR count). The first-order valence-corrected chi connectivity index (χ1v) is 8.45. The van der Waals surface area contributed by atoms with Crippen LogP contribution in [0.4, 0.5) is 0 Å². The fraction of sp³-hybridized carbons (Fsp3) is 0.611. The topological polar surface area (TPSA) is 53.6 Å². The van der Waals surface area contributed by atoms with E-state index in [4.69, 9.17) is 4.74 Å². The van der Waals surface area contributed by atoms with Crippen LogP contribution in [0.2, 0.25) is 0 Å². The van der Waals surface area contributed by atoms with Crippen LogP contribution in [0.3, 0.4) is 0 Å². The summed E-state index contributed by atoms with van der Waals surface area (Å²) in [5.74, 6) is 0.0857. The van der Waals surface area contributed by atoms with Crippen LogP contribution < -0.4 is 10.6 Å². The van der Waals surface area contributed by atoms with Crippen molar-refractivity contribution in [3.05, 3.63) is 35.4 Å². The summed E-state index contributed by atoms with van der Waals surface area (Å²) in [5, 5.41) is 6.35. The molecule has 0 saturated carbocycles. The third kappa shape index (κ3) is 6.29. The van der Waals surface area contributed by atoms with Gasteiger partial charge in [0.05, 0.1) is 19.3 Å². The predicted octanol–water partition coefficient (Wildman–Crippen LogP) is 1.52. The van der Waals surface area contributed by atoms with Crippen LogP contribution in [0.5, 0.6) is 0 Å². The summed E-state index contributed by atoms with van der Waals surface area (Å²) in [7, 11) is 0. The van der Waals surface area contributed by atoms with Gasteiger partial charge in [-0.15, -0.1) is 0 Å². The standard InChI is InChI=1S/C18H29N3O2/c1-14(2)23-13-17-6-4-5-16(9-17)11-20-18(22)12-21-8-7-19-10-15(21)3/h4-6,9,14-15,19H,7-8,10-13H2,1-3H3,(H,20,22)/t15-/m1/s1. The Morgan fingerprint density at radius 1 is 1.43 bits per heavy atom. The molecule has 1 saturated heterocycles. The summed E-state index contributed by atoms with van der Waals surface area (Å²) in [5.41, 5.74) is 2.25. The zero-order valence-electron chi connectivity index (χ0n) is 14.5. The lowest BCUT2D eigenvalue weighted by Crippen LogP contribution is -2.52. The van der Waals surface area contributed by atoms with E-state index >= 15 is 0 Å². The molecule has 23 heavy (non-hydrogen) atoms. The Hall–Kier alpha value is -1.43. The van der Waals surface area contributed by atoms with Crippen molar-refractivity contribution in [2.75, 3.05) is 26.2 Å². The predicted molar refractivity (Wildman–Crippen MR) is 92.1 cm³/mol. The Morgan fingerprint density at radius 2 is 2.22 bits per heavy atom. The van der Waals surface area contributed by atoms with Crippen LogP contribution in [-0.2, 0) is 22.7 Å². The van der Waals surface area contributed by atoms with E-state index in [1.54, 1.807) is 0 Å². The van der Waals surface area contributed by atoms with Crippen LogP contribution in [0.1, 0.15) is 31.9 Å². The molecule has 1 aromatic rings. The molecule has 0 aromatic heterocycles. The molecular weight excluding hydrogens is 290 g/mol. The lowest BCUT2D eigenvalue weighted by atomic mass is 10.1. The number of hydrogen-bond donors (Lipinski definition) is 2. The number of benzene rings is 1. The number of ether oxygens (including phenoxy) is 1. The molecule has 128 valence electrons. The van der Waals surface area contributed by atoms with Gasteiger partial charge in [0.25, 0.3) is 0 Å². The largest absolute Gasteiger partial charge is 0.374 e. The van der Waals surface area contributed by atoms with Crippen molar-refractivity contribution in [2.45, 2.75) is 46.1 Å². The van der Waals surface area contributed by atoms with Gasteiger partial charge < -0.3 is 15.4 Å². The minimum absolute atomic E-state index is 0.0857. The van der Waals surface area contributed by atoms with E-state index in [1.807, 2.05) is 26.0 Å². The maximum Gasteiger partial charge on any atom is 0.234 e. The van der Waals surface area contributed by atoms with Crippen LogP contribution in [0.25, 0.3) is 0 Å². The van der Waals surface area contributed by atoms with Gasteiger partial charge in [-0.25, -0.2) is 0 Å². The average Bonchev–Trinajstić information content (AvgIpc) is 2.54. The number of nitrogens with one attached hydrogen (secondary N) is 2. The summed E-state index contributed by atoms with van der Waals surface area (Å²) < 4.78 is 5.62. The number of hydrogen-bond acceptors (Lipinski definition) is 4. The maximum absolute atomic E-state index is 12.1. The SMILES string of the molecule is CC(C)OCc1cccc(CNC(=O)CN2CCNC[C@H]2C)c1. The van der Waals surface area contributed by atoms with E-state index in [2.05, 4.69) is 34.6 Å². The van der Waals surface area contributed by atoms with Gasteiger partial charge in [0.15, 0.2) is 0 Å². The van der Waals surface area contributed by atoms with Crippen molar-refractivity contribution in [2.24, 2.45) is 0 Å². The van der Waals surface area contributed by atoms with Gasteiger partial charge in [0.1, 0.15) is 0 Å². The monoisotopic (exact) mass is 319 g/mol. The Bertz CT molecular complexity index is 505. The Labute approximate surface area is 139 Å². The smallest absolute Gasteiger partial charge is 0.234 e. The normalized spacial score (nSPS) is 19.0. The number of piperazine rings is 1. The fourth-order valence-electron chi connectivity index (χ4n) is 2.65. The third-order valence-electron chi connectivity index (χ3n) is 4.05. The summed E-state index contributed by atoms with van der Waals surface area (Å²) >= 11 is 0. The van der Waals surface area contributed by atoms with Crippen LogP contribution >= 0.6 is 0 Å². The van der Waals surface area contributed by atoms with Crippen molar-refractivity contribution in [1.29, 1.82) is 0 Å². The fourth-order valence-corrected chi connectivity index (χ4v) is 2.65. The number of nitrogens with zero attached hydrogens (tertiary/aromatic N) is 1. The molecule has 5 nitrogen and oxygen atoms in total. The second kappa shape index (κ2) is 9.01. The van der Waals surface area contributed by atoms with Gasteiger partial charge in [-0.3, -0.25) is 9.69 Å². The first-order valence-electron chi connectivity index (χ1n) is 8.45. The molecule has 5 heteroatoms. The van der Waals surface area contributed by atoms with Crippen LogP contribution in [0.15, 0.2) is 24.3 Å². The number of rotatable bonds is 7. The second-order valence-electron chi connectivity index (χ2n) is 6.48. The molecular formula is C18H29N3O2. The van der Waals surface area contributed by atoms with Crippen molar-refractivity contribution >= 4 is 5.91 Å². The highest BCUT2D eigenvalue weighted by Crippen LogP contribution is 2.08. The first-order chi connectivity index (χ1) is 11.0. The molecule has 1 aliphatic rings. The Balaban J connectivity index is 1.78. The minimum atomic E-state index is 0.0857. The lowest BCUT2D eigenvalue weighted by Gasteiger charge is -2.33. The van der Waals surface area contributed by atoms with E-state index in [1.165, 1.54) is 0 Å². The zero-order valence-corrected chi connectivity index (χ0v) is 14.5. The minimum Gasteiger partial charge on any atom is -0.374 e. The van der Waals surface area contributed by atoms with E-state index < -0.39 is 0 Å². The zero-order chi connectivity index (χ0) is 16.7. The highest BCUT2D eigenvalue weighted by molar-refractivity contribution is 5.78. The van der Waals surface area contributed by atoms with Crippen LogP contribution in [-0.4, -0.2) is 49.1 Å². The van der Waals surface area contributed by atoms with Gasteiger partial charge in [-0.2, -0.15) is 0 Å². The molecule has 1 fully saturated rings. The number of amides is 1. The second-order valence-corrected chi connectivity index (χ2v) is 6.48. The van der Waals surface area contributed by atoms with Crippen LogP contribution in [0, 0.1) is 0 Å². The number of carbonyl (C=O) groups excluding carboxylic acids is 1. The summed E-state index contributed by atoms with van der Waals surface area (Å²) in [6.45, 7) is 10.7. The van der Waals surface area contributed by atoms with Gasteiger partial charge in [-0.1, -0.05) is 24.3 Å². The molecule has 0 aliphatic carbocycles. The molecule has 0 bridgehead atoms. The molecule has 0 spiro atoms. The van der Waals surface area contributed by atoms with Gasteiger partial charge in [0, 0.05) is 32.2 Å². The molecule has 1 atom stereocenters. The van der Waals surface area contributed by atoms with Crippen molar-refractivity contribution < 1.29 is 9.53 Å². The molecule has 1 heterocycles. The average molecular weight is 319 g/mol. The van der Waals surface area contributed by atoms with Gasteiger partial charge in [0.2, 0.25) is 5.91 Å². The van der Waals surface area contributed by atoms with Crippen molar-refractivity contribution in [3.8, 4) is 0 Å². The molecule has 0 unspecified atom stereocenters. The molecule has 2 N–H and O–H groups in total. The van der Waals surface area contributed by atoms with E-state index in [9.17, 15) is 4.79 Å². The first kappa shape index (κ1) is 17.9. The molecule has 1 aliphatic heterocycles. The maximum atomic E-state index is 12.1. The Kier molecular flexibility index (Phi) is 7.02. The van der Waals surface area contributed by atoms with E-state index in [-0.39, 0.29) is 12.0 Å². The summed E-state index contributed by atoms with van der Waals surface area (Å²) in [6.07, 6.45) is 0.222. The lowest BCUT2D eigenvalue weighted by molar-refractivity contribution is -0.123. The highest BCUT2D eigenvalue weighted by atomic mass is 16.5. The van der Waals surface area contributed by atoms with E-state index in [0.717, 1.165) is 30.8 Å². The Morgan fingerprint density at radius 3 is 2.96 bits per heavy atom. The third-order valence-corrected chi connectivity index (χ3v) is 4.05. The van der Waals surface area contributed by atoms with Gasteiger partial charge in [-0.05, 0) is 31.9 Å².